The third kappa shape index (κ3) is 4.14. The molecule has 0 saturated heterocycles. The van der Waals surface area contributed by atoms with E-state index in [-0.39, 0.29) is 6.42 Å². The van der Waals surface area contributed by atoms with Gasteiger partial charge in [-0.2, -0.15) is 0 Å². The van der Waals surface area contributed by atoms with Crippen LogP contribution in [0.5, 0.6) is 0 Å². The number of carboxylic acid groups (broad SMARTS) is 1. The summed E-state index contributed by atoms with van der Waals surface area (Å²) < 4.78 is 0.794. The van der Waals surface area contributed by atoms with Gasteiger partial charge >= 0.3 is 5.97 Å². The van der Waals surface area contributed by atoms with Gasteiger partial charge in [0.05, 0.1) is 5.69 Å². The van der Waals surface area contributed by atoms with Gasteiger partial charge in [-0.3, -0.25) is 4.79 Å². The van der Waals surface area contributed by atoms with Crippen molar-refractivity contribution >= 4 is 27.5 Å². The monoisotopic (exact) mass is 283 g/mol. The van der Waals surface area contributed by atoms with E-state index in [4.69, 9.17) is 5.11 Å². The third-order valence-electron chi connectivity index (χ3n) is 2.17. The van der Waals surface area contributed by atoms with Crippen molar-refractivity contribution in [3.05, 3.63) is 34.6 Å². The van der Waals surface area contributed by atoms with Crippen molar-refractivity contribution in [3.8, 4) is 0 Å². The Morgan fingerprint density at radius 2 is 2.31 bits per heavy atom. The van der Waals surface area contributed by atoms with Gasteiger partial charge in [0.15, 0.2) is 0 Å². The van der Waals surface area contributed by atoms with Gasteiger partial charge in [-0.1, -0.05) is 19.1 Å². The summed E-state index contributed by atoms with van der Waals surface area (Å²) in [7, 11) is 0. The Kier molecular flexibility index (Phi) is 5.19. The normalized spacial score (nSPS) is 11.5. The molecule has 1 N–H and O–H groups in total. The molecule has 0 atom stereocenters. The van der Waals surface area contributed by atoms with Crippen molar-refractivity contribution in [2.45, 2.75) is 26.2 Å². The molecule has 86 valence electrons. The minimum absolute atomic E-state index is 0.164. The van der Waals surface area contributed by atoms with E-state index < -0.39 is 5.97 Å². The molecule has 1 aromatic rings. The molecule has 4 heteroatoms. The minimum atomic E-state index is -0.770. The predicted octanol–water partition coefficient (Wildman–Crippen LogP) is 3.50. The molecule has 0 aliphatic rings. The van der Waals surface area contributed by atoms with Gasteiger partial charge in [-0.05, 0) is 46.5 Å². The molecular weight excluding hydrogens is 270 g/mol. The van der Waals surface area contributed by atoms with Crippen molar-refractivity contribution < 1.29 is 9.90 Å². The Labute approximate surface area is 103 Å². The van der Waals surface area contributed by atoms with Crippen LogP contribution in [-0.4, -0.2) is 16.1 Å². The molecule has 3 nitrogen and oxygen atoms in total. The fraction of sp³-hybridized carbons (Fsp3) is 0.333. The number of hydrogen-bond acceptors (Lipinski definition) is 2. The number of allylic oxidation sites excluding steroid dienone is 2. The van der Waals surface area contributed by atoms with Crippen molar-refractivity contribution in [3.63, 3.8) is 0 Å². The lowest BCUT2D eigenvalue weighted by Crippen LogP contribution is -1.93. The second kappa shape index (κ2) is 6.43. The highest BCUT2D eigenvalue weighted by atomic mass is 79.9. The zero-order chi connectivity index (χ0) is 12.0. The molecule has 1 heterocycles. The maximum atomic E-state index is 10.4. The molecule has 0 aromatic carbocycles. The van der Waals surface area contributed by atoms with Crippen molar-refractivity contribution in [1.29, 1.82) is 0 Å². The number of hydrogen-bond donors (Lipinski definition) is 1. The molecule has 0 amide bonds. The van der Waals surface area contributed by atoms with Gasteiger partial charge in [-0.15, -0.1) is 0 Å². The Balaban J connectivity index is 2.77. The van der Waals surface area contributed by atoms with Crippen LogP contribution in [-0.2, 0) is 4.79 Å². The molecule has 0 aliphatic carbocycles. The molecule has 0 bridgehead atoms. The van der Waals surface area contributed by atoms with Gasteiger partial charge in [0.25, 0.3) is 0 Å². The molecule has 0 aliphatic heterocycles. The average molecular weight is 284 g/mol. The van der Waals surface area contributed by atoms with E-state index >= 15 is 0 Å². The summed E-state index contributed by atoms with van der Waals surface area (Å²) in [6.45, 7) is 2.04. The van der Waals surface area contributed by atoms with Crippen LogP contribution < -0.4 is 0 Å². The topological polar surface area (TPSA) is 50.2 Å². The number of carbonyl (C=O) groups is 1. The minimum Gasteiger partial charge on any atom is -0.481 e. The summed E-state index contributed by atoms with van der Waals surface area (Å²) in [6.07, 6.45) is 3.51. The first-order valence-electron chi connectivity index (χ1n) is 5.17. The highest BCUT2D eigenvalue weighted by molar-refractivity contribution is 9.10. The first-order valence-corrected chi connectivity index (χ1v) is 5.96. The van der Waals surface area contributed by atoms with E-state index in [1.54, 1.807) is 0 Å². The highest BCUT2D eigenvalue weighted by Gasteiger charge is 2.02. The largest absolute Gasteiger partial charge is 0.481 e. The summed E-state index contributed by atoms with van der Waals surface area (Å²) >= 11 is 3.32. The van der Waals surface area contributed by atoms with Gasteiger partial charge in [0.2, 0.25) is 0 Å². The van der Waals surface area contributed by atoms with E-state index in [1.165, 1.54) is 0 Å². The Morgan fingerprint density at radius 1 is 1.56 bits per heavy atom. The summed E-state index contributed by atoms with van der Waals surface area (Å²) in [6, 6.07) is 5.72. The van der Waals surface area contributed by atoms with Crippen molar-refractivity contribution in [1.82, 2.24) is 4.98 Å². The second-order valence-electron chi connectivity index (χ2n) is 3.36. The van der Waals surface area contributed by atoms with E-state index in [2.05, 4.69) is 20.9 Å². The summed E-state index contributed by atoms with van der Waals surface area (Å²) in [5.41, 5.74) is 1.99. The molecule has 16 heavy (non-hydrogen) atoms. The summed E-state index contributed by atoms with van der Waals surface area (Å²) in [5.74, 6) is -0.770. The molecule has 0 spiro atoms. The number of carboxylic acids is 1. The molecule has 0 radical (unpaired) electrons. The highest BCUT2D eigenvalue weighted by Crippen LogP contribution is 2.19. The van der Waals surface area contributed by atoms with Crippen LogP contribution in [0, 0.1) is 0 Å². The first kappa shape index (κ1) is 12.9. The quantitative estimate of drug-likeness (QED) is 0.842. The number of aliphatic carboxylic acids is 1. The molecule has 0 unspecified atom stereocenters. The second-order valence-corrected chi connectivity index (χ2v) is 4.17. The van der Waals surface area contributed by atoms with E-state index in [9.17, 15) is 4.79 Å². The standard InChI is InChI=1S/C12H14BrNO2/c1-2-9(5-3-8-12(15)16)10-6-4-7-11(13)14-10/h4-7H,2-3,8H2,1H3,(H,15,16). The van der Waals surface area contributed by atoms with Gasteiger partial charge in [-0.25, -0.2) is 4.98 Å². The van der Waals surface area contributed by atoms with Crippen molar-refractivity contribution in [2.24, 2.45) is 0 Å². The SMILES string of the molecule is CCC(=CCCC(=O)O)c1cccc(Br)n1. The Morgan fingerprint density at radius 3 is 2.88 bits per heavy atom. The number of halogens is 1. The van der Waals surface area contributed by atoms with Crippen molar-refractivity contribution in [2.75, 3.05) is 0 Å². The smallest absolute Gasteiger partial charge is 0.303 e. The first-order chi connectivity index (χ1) is 7.63. The number of rotatable bonds is 5. The van der Waals surface area contributed by atoms with Crippen LogP contribution in [0.25, 0.3) is 5.57 Å². The molecule has 1 aromatic heterocycles. The van der Waals surface area contributed by atoms with E-state index in [1.807, 2.05) is 31.2 Å². The zero-order valence-corrected chi connectivity index (χ0v) is 10.7. The van der Waals surface area contributed by atoms with Crippen LogP contribution in [0.4, 0.5) is 0 Å². The van der Waals surface area contributed by atoms with Crippen LogP contribution >= 0.6 is 15.9 Å². The van der Waals surface area contributed by atoms with Crippen LogP contribution in [0.2, 0.25) is 0 Å². The average Bonchev–Trinajstić information content (AvgIpc) is 2.24. The van der Waals surface area contributed by atoms with E-state index in [0.29, 0.717) is 6.42 Å². The lowest BCUT2D eigenvalue weighted by molar-refractivity contribution is -0.136. The Bertz CT molecular complexity index is 402. The van der Waals surface area contributed by atoms with Gasteiger partial charge in [0.1, 0.15) is 4.60 Å². The van der Waals surface area contributed by atoms with Gasteiger partial charge in [0, 0.05) is 6.42 Å². The maximum Gasteiger partial charge on any atom is 0.303 e. The number of aromatic nitrogens is 1. The fourth-order valence-electron chi connectivity index (χ4n) is 1.39. The summed E-state index contributed by atoms with van der Waals surface area (Å²) in [4.78, 5) is 14.8. The van der Waals surface area contributed by atoms with E-state index in [0.717, 1.165) is 22.3 Å². The molecule has 1 rings (SSSR count). The molecular formula is C12H14BrNO2. The predicted molar refractivity (Wildman–Crippen MR) is 67.1 cm³/mol. The number of nitrogens with zero attached hydrogens (tertiary/aromatic N) is 1. The van der Waals surface area contributed by atoms with Crippen LogP contribution in [0.3, 0.4) is 0 Å². The third-order valence-corrected chi connectivity index (χ3v) is 2.62. The fourth-order valence-corrected chi connectivity index (χ4v) is 1.73. The molecule has 0 saturated carbocycles. The Hall–Kier alpha value is -1.16. The zero-order valence-electron chi connectivity index (χ0n) is 9.11. The molecule has 0 fully saturated rings. The lowest BCUT2D eigenvalue weighted by atomic mass is 10.1. The van der Waals surface area contributed by atoms with Crippen LogP contribution in [0.1, 0.15) is 31.9 Å². The summed E-state index contributed by atoms with van der Waals surface area (Å²) in [5, 5.41) is 8.56. The van der Waals surface area contributed by atoms with Crippen LogP contribution in [0.15, 0.2) is 28.9 Å². The maximum absolute atomic E-state index is 10.4. The number of pyridine rings is 1. The van der Waals surface area contributed by atoms with Gasteiger partial charge < -0.3 is 5.11 Å². The lowest BCUT2D eigenvalue weighted by Gasteiger charge is -2.04.